The van der Waals surface area contributed by atoms with E-state index in [9.17, 15) is 12.8 Å². The van der Waals surface area contributed by atoms with Gasteiger partial charge in [0.1, 0.15) is 6.67 Å². The van der Waals surface area contributed by atoms with Crippen molar-refractivity contribution in [3.05, 3.63) is 60.3 Å². The fourth-order valence-corrected chi connectivity index (χ4v) is 280. The Morgan fingerprint density at radius 2 is 1.18 bits per heavy atom. The van der Waals surface area contributed by atoms with Gasteiger partial charge in [-0.3, -0.25) is 0 Å². The van der Waals surface area contributed by atoms with E-state index in [1.54, 1.807) is 24.3 Å². The molecule has 5 rings (SSSR count). The van der Waals surface area contributed by atoms with Gasteiger partial charge in [0.2, 0.25) is 5.89 Å². The van der Waals surface area contributed by atoms with Crippen LogP contribution >= 0.6 is 177 Å². The number of aromatic nitrogens is 4. The molecule has 332 valence electrons. The Balaban J connectivity index is 0.000000310. The van der Waals surface area contributed by atoms with Crippen LogP contribution in [-0.4, -0.2) is 60.3 Å². The maximum absolute atomic E-state index is 13.0. The summed E-state index contributed by atoms with van der Waals surface area (Å²) in [6.45, 7) is 1.85. The van der Waals surface area contributed by atoms with E-state index in [0.29, 0.717) is 56.0 Å². The highest BCUT2D eigenvalue weighted by molar-refractivity contribution is 9.38. The van der Waals surface area contributed by atoms with E-state index in [4.69, 9.17) is 14.9 Å². The van der Waals surface area contributed by atoms with Crippen molar-refractivity contribution in [1.29, 1.82) is 0 Å². The molecule has 0 aliphatic carbocycles. The second-order valence-electron chi connectivity index (χ2n) is 12.2. The van der Waals surface area contributed by atoms with Crippen molar-refractivity contribution in [1.82, 2.24) is 25.5 Å². The molecule has 3 N–H and O–H groups in total. The Morgan fingerprint density at radius 3 is 1.67 bits per heavy atom. The summed E-state index contributed by atoms with van der Waals surface area (Å²) in [7, 11) is 34.8. The van der Waals surface area contributed by atoms with E-state index in [1.807, 2.05) is 24.3 Å². The molecule has 3 heterocycles. The number of rotatable bonds is 18. The number of hydrogen-bond acceptors (Lipinski definition) is 10. The Labute approximate surface area is 393 Å². The second-order valence-corrected chi connectivity index (χ2v) is 102. The first kappa shape index (κ1) is 58.3. The number of nitrogens with one attached hydrogen (secondary N) is 1. The minimum Gasteiger partial charge on any atom is -0.414 e. The van der Waals surface area contributed by atoms with Crippen molar-refractivity contribution in [2.45, 2.75) is 29.5 Å². The van der Waals surface area contributed by atoms with Crippen LogP contribution in [-0.2, 0) is 21.1 Å². The quantitative estimate of drug-likeness (QED) is 0.0729. The lowest BCUT2D eigenvalue weighted by Crippen LogP contribution is -2.28. The summed E-state index contributed by atoms with van der Waals surface area (Å²) in [5.74, 6) is 0.522. The first-order chi connectivity index (χ1) is 28.4. The van der Waals surface area contributed by atoms with Crippen LogP contribution in [0.3, 0.4) is 0 Å². The third-order valence-electron chi connectivity index (χ3n) is 8.03. The van der Waals surface area contributed by atoms with Gasteiger partial charge in [-0.15, -0.1) is 117 Å². The molecule has 0 saturated carbocycles. The van der Waals surface area contributed by atoms with E-state index in [-0.39, 0.29) is 98.1 Å². The van der Waals surface area contributed by atoms with Crippen molar-refractivity contribution >= 4 is 193 Å². The first-order valence-corrected chi connectivity index (χ1v) is 57.8. The SMILES string of the molecule is Nc1ncc(-c2ccc(S(=O)(=O)C3CCOCC3)cc2)nc1-c1nnc(-c2ccc(CNCCF)cc2)o1.PP(P)P(P(P)P)P(P(P(P)P)P(P)P)P(P(P)P)P(P)P. The molecule has 1 saturated heterocycles. The van der Waals surface area contributed by atoms with Gasteiger partial charge in [-0.2, -0.15) is 0 Å². The maximum Gasteiger partial charge on any atom is 0.270 e. The molecule has 4 aromatic rings. The third kappa shape index (κ3) is 17.2. The van der Waals surface area contributed by atoms with E-state index in [1.165, 1.54) is 6.20 Å². The molecule has 2 aromatic heterocycles. The molecule has 10 nitrogen and oxygen atoms in total. The molecule has 0 bridgehead atoms. The molecular formula is C26H51FN6O4P22S. The van der Waals surface area contributed by atoms with Crippen molar-refractivity contribution in [3.63, 3.8) is 0 Å². The standard InChI is InChI=1S/C26H27FN6O4S.H24P22/c27-11-12-29-15-17-1-3-19(4-2-17)25-32-33-26(37-25)23-24(28)30-16-22(31-23)18-5-7-20(8-6-18)38(34,35)21-9-13-36-14-10-21;1-13(2)19(14(3)4)22(20(15(5)6)16(7)8)21(17(9)10)18(11)12/h1-8,16,21,29H,9-15H2,(H2,28,30);1-12H2. The summed E-state index contributed by atoms with van der Waals surface area (Å²) in [6, 6.07) is 14.0. The molecule has 60 heavy (non-hydrogen) atoms. The lowest BCUT2D eigenvalue weighted by Gasteiger charge is -2.47. The van der Waals surface area contributed by atoms with Crippen LogP contribution in [0.15, 0.2) is 64.0 Å². The van der Waals surface area contributed by atoms with Crippen LogP contribution in [0.25, 0.3) is 34.3 Å². The second kappa shape index (κ2) is 29.3. The highest BCUT2D eigenvalue weighted by Gasteiger charge is 2.44. The van der Waals surface area contributed by atoms with Crippen LogP contribution in [0.5, 0.6) is 0 Å². The largest absolute Gasteiger partial charge is 0.414 e. The third-order valence-corrected chi connectivity index (χ3v) is 148. The first-order valence-electron chi connectivity index (χ1n) is 17.1. The molecule has 1 aliphatic rings. The van der Waals surface area contributed by atoms with Gasteiger partial charge in [0.15, 0.2) is 21.3 Å². The van der Waals surface area contributed by atoms with Gasteiger partial charge in [-0.1, -0.05) is 24.3 Å². The number of nitrogen functional groups attached to an aromatic ring is 1. The minimum absolute atomic E-state index is 0.00720. The Hall–Kier alpha value is 5.72. The van der Waals surface area contributed by atoms with Gasteiger partial charge in [-0.05, 0) is 113 Å². The number of anilines is 1. The van der Waals surface area contributed by atoms with E-state index < -0.39 is 21.8 Å². The van der Waals surface area contributed by atoms with E-state index in [0.717, 1.165) is 5.56 Å². The summed E-state index contributed by atoms with van der Waals surface area (Å²) in [6.07, 6.45) is 2.49. The van der Waals surface area contributed by atoms with Crippen molar-refractivity contribution < 1.29 is 22.0 Å². The molecular weight excluding hydrogens is 1190 g/mol. The van der Waals surface area contributed by atoms with Crippen molar-refractivity contribution in [2.24, 2.45) is 0 Å². The number of benzene rings is 2. The topological polar surface area (TPSA) is 146 Å². The van der Waals surface area contributed by atoms with Gasteiger partial charge >= 0.3 is 0 Å². The van der Waals surface area contributed by atoms with Gasteiger partial charge in [0, 0.05) is 37.4 Å². The van der Waals surface area contributed by atoms with Crippen LogP contribution in [0.4, 0.5) is 10.2 Å². The Kier molecular flexibility index (Phi) is 28.5. The molecule has 12 unspecified atom stereocenters. The molecule has 12 atom stereocenters. The molecule has 0 radical (unpaired) electrons. The average Bonchev–Trinajstić information content (AvgIpc) is 3.69. The van der Waals surface area contributed by atoms with Gasteiger partial charge in [-0.25, -0.2) is 22.8 Å². The van der Waals surface area contributed by atoms with Crippen LogP contribution in [0.1, 0.15) is 18.4 Å². The lowest BCUT2D eigenvalue weighted by atomic mass is 10.1. The number of alkyl halides is 1. The fraction of sp³-hybridized carbons (Fsp3) is 0.308. The summed E-state index contributed by atoms with van der Waals surface area (Å²) >= 11 is 0. The fourth-order valence-electron chi connectivity index (χ4n) is 5.32. The smallest absolute Gasteiger partial charge is 0.270 e. The average molecular weight is 1240 g/mol. The minimum atomic E-state index is -3.44. The molecule has 2 aromatic carbocycles. The molecule has 34 heteroatoms. The van der Waals surface area contributed by atoms with E-state index >= 15 is 0 Å². The van der Waals surface area contributed by atoms with Crippen molar-refractivity contribution in [2.75, 3.05) is 32.2 Å². The predicted molar refractivity (Wildman–Crippen MR) is 325 cm³/mol. The van der Waals surface area contributed by atoms with Gasteiger partial charge < -0.3 is 20.2 Å². The predicted octanol–water partition coefficient (Wildman–Crippen LogP) is 16.0. The highest BCUT2D eigenvalue weighted by atomic mass is 33.4. The molecule has 1 aliphatic heterocycles. The highest BCUT2D eigenvalue weighted by Crippen LogP contribution is 3.32. The van der Waals surface area contributed by atoms with Gasteiger partial charge in [0.05, 0.1) is 22.0 Å². The molecule has 0 amide bonds. The lowest BCUT2D eigenvalue weighted by molar-refractivity contribution is 0.0983. The zero-order valence-corrected chi connectivity index (χ0v) is 55.5. The van der Waals surface area contributed by atoms with Crippen LogP contribution in [0, 0.1) is 0 Å². The number of nitrogens with two attached hydrogens (primary N) is 1. The Bertz CT molecular complexity index is 1970. The van der Waals surface area contributed by atoms with Crippen LogP contribution in [0.2, 0.25) is 0 Å². The summed E-state index contributed by atoms with van der Waals surface area (Å²) < 4.78 is 49.3. The molecule has 0 spiro atoms. The normalized spacial score (nSPS) is 14.3. The monoisotopic (exact) mass is 1240 g/mol. The summed E-state index contributed by atoms with van der Waals surface area (Å²) in [5, 5.41) is 10.8. The van der Waals surface area contributed by atoms with Crippen LogP contribution < -0.4 is 11.1 Å². The number of ether oxygens (including phenoxy) is 1. The van der Waals surface area contributed by atoms with Gasteiger partial charge in [0.25, 0.3) is 5.89 Å². The van der Waals surface area contributed by atoms with Crippen molar-refractivity contribution in [3.8, 4) is 34.3 Å². The van der Waals surface area contributed by atoms with E-state index in [2.05, 4.69) is 133 Å². The zero-order valence-electron chi connectivity index (χ0n) is 31.9. The number of nitrogens with zero attached hydrogens (tertiary/aromatic N) is 4. The Morgan fingerprint density at radius 1 is 0.700 bits per heavy atom. The number of halogens is 1. The maximum atomic E-state index is 13.0. The number of hydrogen-bond donors (Lipinski definition) is 2. The summed E-state index contributed by atoms with van der Waals surface area (Å²) in [5.41, 5.74) is 9.15. The zero-order chi connectivity index (χ0) is 44.3. The summed E-state index contributed by atoms with van der Waals surface area (Å²) in [4.78, 5) is 9.06. The molecule has 1 fully saturated rings. The number of sulfone groups is 1.